The lowest BCUT2D eigenvalue weighted by Gasteiger charge is -2.11. The third kappa shape index (κ3) is 3.61. The molecule has 3 nitrogen and oxygen atoms in total. The van der Waals surface area contributed by atoms with Crippen LogP contribution < -0.4 is 4.74 Å². The number of benzene rings is 2. The van der Waals surface area contributed by atoms with Crippen molar-refractivity contribution in [3.8, 4) is 5.75 Å². The summed E-state index contributed by atoms with van der Waals surface area (Å²) in [4.78, 5) is 4.73. The molecule has 0 spiro atoms. The van der Waals surface area contributed by atoms with E-state index >= 15 is 0 Å². The minimum absolute atomic E-state index is 0.762. The van der Waals surface area contributed by atoms with Gasteiger partial charge in [-0.05, 0) is 56.0 Å². The molecule has 0 saturated heterocycles. The van der Waals surface area contributed by atoms with Crippen molar-refractivity contribution in [3.63, 3.8) is 0 Å². The van der Waals surface area contributed by atoms with Gasteiger partial charge in [0, 0.05) is 13.0 Å². The first-order chi connectivity index (χ1) is 11.7. The number of rotatable bonds is 7. The highest BCUT2D eigenvalue weighted by Crippen LogP contribution is 2.20. The van der Waals surface area contributed by atoms with E-state index in [9.17, 15) is 0 Å². The minimum Gasteiger partial charge on any atom is -0.493 e. The fraction of sp³-hybridized carbons (Fsp3) is 0.381. The van der Waals surface area contributed by atoms with Crippen molar-refractivity contribution in [1.82, 2.24) is 9.55 Å². The van der Waals surface area contributed by atoms with Gasteiger partial charge in [0.25, 0.3) is 0 Å². The molecule has 0 N–H and O–H groups in total. The molecule has 0 aliphatic rings. The number of para-hydroxylation sites is 2. The third-order valence-corrected chi connectivity index (χ3v) is 4.43. The van der Waals surface area contributed by atoms with Gasteiger partial charge in [0.15, 0.2) is 0 Å². The minimum atomic E-state index is 0.762. The van der Waals surface area contributed by atoms with E-state index in [1.807, 2.05) is 0 Å². The largest absolute Gasteiger partial charge is 0.493 e. The van der Waals surface area contributed by atoms with Crippen LogP contribution in [0.3, 0.4) is 0 Å². The van der Waals surface area contributed by atoms with Gasteiger partial charge in [0.2, 0.25) is 0 Å². The highest BCUT2D eigenvalue weighted by atomic mass is 16.5. The van der Waals surface area contributed by atoms with Crippen molar-refractivity contribution in [1.29, 1.82) is 0 Å². The molecule has 0 radical (unpaired) electrons. The Balaban J connectivity index is 1.56. The Bertz CT molecular complexity index is 820. The summed E-state index contributed by atoms with van der Waals surface area (Å²) in [6.07, 6.45) is 3.11. The number of nitrogens with zero attached hydrogens (tertiary/aromatic N) is 2. The standard InChI is InChI=1S/C21H26N2O/c1-4-21-22-18-9-5-6-10-19(18)23(21)13-7-8-14-24-20-15-16(2)11-12-17(20)3/h5-6,9-12,15H,4,7-8,13-14H2,1-3H3. The van der Waals surface area contributed by atoms with Crippen LogP contribution in [0.4, 0.5) is 0 Å². The SMILES string of the molecule is CCc1nc2ccccc2n1CCCCOc1cc(C)ccc1C. The Hall–Kier alpha value is -2.29. The van der Waals surface area contributed by atoms with Crippen LogP contribution in [-0.4, -0.2) is 16.2 Å². The number of hydrogen-bond acceptors (Lipinski definition) is 2. The monoisotopic (exact) mass is 322 g/mol. The molecule has 3 rings (SSSR count). The van der Waals surface area contributed by atoms with Crippen LogP contribution in [-0.2, 0) is 13.0 Å². The Labute approximate surface area is 144 Å². The van der Waals surface area contributed by atoms with Crippen LogP contribution in [0.1, 0.15) is 36.7 Å². The van der Waals surface area contributed by atoms with Gasteiger partial charge in [0.05, 0.1) is 17.6 Å². The van der Waals surface area contributed by atoms with Gasteiger partial charge in [0.1, 0.15) is 11.6 Å². The molecule has 0 fully saturated rings. The third-order valence-electron chi connectivity index (χ3n) is 4.43. The second kappa shape index (κ2) is 7.52. The van der Waals surface area contributed by atoms with Crippen molar-refractivity contribution >= 4 is 11.0 Å². The number of unbranched alkanes of at least 4 members (excludes halogenated alkanes) is 1. The molecule has 0 aliphatic carbocycles. The van der Waals surface area contributed by atoms with Gasteiger partial charge in [-0.2, -0.15) is 0 Å². The lowest BCUT2D eigenvalue weighted by Crippen LogP contribution is -2.06. The maximum absolute atomic E-state index is 5.96. The summed E-state index contributed by atoms with van der Waals surface area (Å²) < 4.78 is 8.31. The maximum atomic E-state index is 5.96. The quantitative estimate of drug-likeness (QED) is 0.568. The smallest absolute Gasteiger partial charge is 0.122 e. The molecule has 0 unspecified atom stereocenters. The van der Waals surface area contributed by atoms with Gasteiger partial charge in [-0.15, -0.1) is 0 Å². The number of fused-ring (bicyclic) bond motifs is 1. The molecular weight excluding hydrogens is 296 g/mol. The normalized spacial score (nSPS) is 11.1. The number of ether oxygens (including phenoxy) is 1. The predicted molar refractivity (Wildman–Crippen MR) is 99.8 cm³/mol. The van der Waals surface area contributed by atoms with E-state index in [2.05, 4.69) is 67.8 Å². The maximum Gasteiger partial charge on any atom is 0.122 e. The fourth-order valence-corrected chi connectivity index (χ4v) is 3.06. The second-order valence-corrected chi connectivity index (χ2v) is 6.35. The first-order valence-electron chi connectivity index (χ1n) is 8.83. The molecule has 0 bridgehead atoms. The zero-order valence-corrected chi connectivity index (χ0v) is 14.9. The molecular formula is C21H26N2O. The van der Waals surface area contributed by atoms with Crippen LogP contribution in [0.2, 0.25) is 0 Å². The summed E-state index contributed by atoms with van der Waals surface area (Å²) in [5, 5.41) is 0. The topological polar surface area (TPSA) is 27.1 Å². The molecule has 1 aromatic heterocycles. The molecule has 3 heteroatoms. The van der Waals surface area contributed by atoms with Gasteiger partial charge < -0.3 is 9.30 Å². The molecule has 2 aromatic carbocycles. The van der Waals surface area contributed by atoms with Gasteiger partial charge >= 0.3 is 0 Å². The Kier molecular flexibility index (Phi) is 5.19. The van der Waals surface area contributed by atoms with E-state index in [1.54, 1.807) is 0 Å². The first-order valence-corrected chi connectivity index (χ1v) is 8.83. The van der Waals surface area contributed by atoms with Crippen molar-refractivity contribution in [3.05, 3.63) is 59.4 Å². The highest BCUT2D eigenvalue weighted by molar-refractivity contribution is 5.75. The summed E-state index contributed by atoms with van der Waals surface area (Å²) in [5.41, 5.74) is 4.79. The van der Waals surface area contributed by atoms with Crippen LogP contribution in [0.15, 0.2) is 42.5 Å². The lowest BCUT2D eigenvalue weighted by atomic mass is 10.1. The lowest BCUT2D eigenvalue weighted by molar-refractivity contribution is 0.301. The molecule has 0 amide bonds. The molecule has 0 atom stereocenters. The average molecular weight is 322 g/mol. The number of aromatic nitrogens is 2. The van der Waals surface area contributed by atoms with Gasteiger partial charge in [-0.25, -0.2) is 4.98 Å². The van der Waals surface area contributed by atoms with E-state index in [0.29, 0.717) is 0 Å². The number of aryl methyl sites for hydroxylation is 4. The average Bonchev–Trinajstić information content (AvgIpc) is 2.95. The van der Waals surface area contributed by atoms with Crippen molar-refractivity contribution in [2.24, 2.45) is 0 Å². The Morgan fingerprint density at radius 2 is 1.88 bits per heavy atom. The highest BCUT2D eigenvalue weighted by Gasteiger charge is 2.08. The summed E-state index contributed by atoms with van der Waals surface area (Å²) in [7, 11) is 0. The molecule has 3 aromatic rings. The second-order valence-electron chi connectivity index (χ2n) is 6.35. The van der Waals surface area contributed by atoms with Crippen molar-refractivity contribution in [2.45, 2.75) is 46.6 Å². The van der Waals surface area contributed by atoms with E-state index in [-0.39, 0.29) is 0 Å². The van der Waals surface area contributed by atoms with E-state index in [1.165, 1.54) is 22.5 Å². The zero-order chi connectivity index (χ0) is 16.9. The number of hydrogen-bond donors (Lipinski definition) is 0. The molecule has 126 valence electrons. The van der Waals surface area contributed by atoms with Crippen LogP contribution >= 0.6 is 0 Å². The van der Waals surface area contributed by atoms with E-state index in [4.69, 9.17) is 9.72 Å². The Morgan fingerprint density at radius 1 is 1.04 bits per heavy atom. The predicted octanol–water partition coefficient (Wildman–Crippen LogP) is 5.07. The van der Waals surface area contributed by atoms with E-state index in [0.717, 1.165) is 43.7 Å². The number of imidazole rings is 1. The molecule has 24 heavy (non-hydrogen) atoms. The molecule has 0 saturated carbocycles. The summed E-state index contributed by atoms with van der Waals surface area (Å²) in [6, 6.07) is 14.8. The fourth-order valence-electron chi connectivity index (χ4n) is 3.06. The first kappa shape index (κ1) is 16.6. The van der Waals surface area contributed by atoms with Gasteiger partial charge in [-0.3, -0.25) is 0 Å². The van der Waals surface area contributed by atoms with Crippen LogP contribution in [0, 0.1) is 13.8 Å². The molecule has 1 heterocycles. The summed E-state index contributed by atoms with van der Waals surface area (Å²) in [5.74, 6) is 2.18. The van der Waals surface area contributed by atoms with Crippen LogP contribution in [0.25, 0.3) is 11.0 Å². The zero-order valence-electron chi connectivity index (χ0n) is 14.9. The van der Waals surface area contributed by atoms with Crippen molar-refractivity contribution < 1.29 is 4.74 Å². The van der Waals surface area contributed by atoms with Gasteiger partial charge in [-0.1, -0.05) is 31.2 Å². The van der Waals surface area contributed by atoms with E-state index < -0.39 is 0 Å². The van der Waals surface area contributed by atoms with Crippen molar-refractivity contribution in [2.75, 3.05) is 6.61 Å². The summed E-state index contributed by atoms with van der Waals surface area (Å²) >= 11 is 0. The summed E-state index contributed by atoms with van der Waals surface area (Å²) in [6.45, 7) is 8.13. The Morgan fingerprint density at radius 3 is 2.71 bits per heavy atom. The molecule has 0 aliphatic heterocycles. The van der Waals surface area contributed by atoms with Crippen LogP contribution in [0.5, 0.6) is 5.75 Å².